The summed E-state index contributed by atoms with van der Waals surface area (Å²) in [6.45, 7) is 0.943. The number of ether oxygens (including phenoxy) is 1. The summed E-state index contributed by atoms with van der Waals surface area (Å²) in [6, 6.07) is 3.71. The van der Waals surface area contributed by atoms with Crippen molar-refractivity contribution in [3.8, 4) is 0 Å². The Hall–Kier alpha value is -2.44. The summed E-state index contributed by atoms with van der Waals surface area (Å²) in [5.74, 6) is -0.106. The van der Waals surface area contributed by atoms with Crippen LogP contribution in [0, 0.1) is 5.41 Å². The highest BCUT2D eigenvalue weighted by atomic mass is 16.5. The van der Waals surface area contributed by atoms with Crippen molar-refractivity contribution in [1.29, 1.82) is 0 Å². The van der Waals surface area contributed by atoms with Gasteiger partial charge in [0.25, 0.3) is 5.91 Å². The molecular formula is C14H16N4O3. The molecule has 0 unspecified atom stereocenters. The number of aromatic nitrogens is 1. The molecule has 1 aromatic heterocycles. The molecule has 0 bridgehead atoms. The SMILES string of the molecule is COC(=O)N1CCC2(CC1)C(=O)NN=C2c1cccnc1. The number of hydrogen-bond acceptors (Lipinski definition) is 5. The van der Waals surface area contributed by atoms with E-state index in [0.29, 0.717) is 31.6 Å². The van der Waals surface area contributed by atoms with E-state index < -0.39 is 5.41 Å². The van der Waals surface area contributed by atoms with Crippen LogP contribution in [0.15, 0.2) is 29.6 Å². The Morgan fingerprint density at radius 3 is 2.81 bits per heavy atom. The standard InChI is InChI=1S/C14H16N4O3/c1-21-13(20)18-7-4-14(5-8-18)11(16-17-12(14)19)10-3-2-6-15-9-10/h2-3,6,9H,4-5,7-8H2,1H3,(H,17,19). The zero-order valence-electron chi connectivity index (χ0n) is 11.7. The van der Waals surface area contributed by atoms with Crippen molar-refractivity contribution >= 4 is 17.7 Å². The Morgan fingerprint density at radius 1 is 1.43 bits per heavy atom. The molecule has 2 amide bonds. The van der Waals surface area contributed by atoms with E-state index in [9.17, 15) is 9.59 Å². The largest absolute Gasteiger partial charge is 0.453 e. The Morgan fingerprint density at radius 2 is 2.19 bits per heavy atom. The summed E-state index contributed by atoms with van der Waals surface area (Å²) in [6.07, 6.45) is 4.08. The molecule has 3 heterocycles. The Balaban J connectivity index is 1.85. The summed E-state index contributed by atoms with van der Waals surface area (Å²) < 4.78 is 4.73. The Kier molecular flexibility index (Phi) is 3.32. The third kappa shape index (κ3) is 2.14. The van der Waals surface area contributed by atoms with Crippen molar-refractivity contribution in [3.63, 3.8) is 0 Å². The minimum Gasteiger partial charge on any atom is -0.453 e. The summed E-state index contributed by atoms with van der Waals surface area (Å²) in [7, 11) is 1.36. The molecule has 0 saturated carbocycles. The van der Waals surface area contributed by atoms with Gasteiger partial charge in [-0.15, -0.1) is 0 Å². The molecule has 0 aliphatic carbocycles. The molecule has 3 rings (SSSR count). The van der Waals surface area contributed by atoms with E-state index in [0.717, 1.165) is 5.56 Å². The number of carbonyl (C=O) groups excluding carboxylic acids is 2. The van der Waals surface area contributed by atoms with Crippen LogP contribution in [0.1, 0.15) is 18.4 Å². The number of nitrogens with zero attached hydrogens (tertiary/aromatic N) is 3. The fraction of sp³-hybridized carbons (Fsp3) is 0.429. The van der Waals surface area contributed by atoms with Crippen LogP contribution in [-0.2, 0) is 9.53 Å². The van der Waals surface area contributed by atoms with E-state index in [1.807, 2.05) is 12.1 Å². The van der Waals surface area contributed by atoms with Crippen LogP contribution in [0.3, 0.4) is 0 Å². The quantitative estimate of drug-likeness (QED) is 0.827. The molecule has 2 aliphatic rings. The van der Waals surface area contributed by atoms with Gasteiger partial charge in [0.05, 0.1) is 18.2 Å². The number of hydrazone groups is 1. The lowest BCUT2D eigenvalue weighted by atomic mass is 9.72. The molecule has 7 nitrogen and oxygen atoms in total. The highest BCUT2D eigenvalue weighted by Gasteiger charge is 2.50. The predicted octanol–water partition coefficient (Wildman–Crippen LogP) is 0.764. The van der Waals surface area contributed by atoms with Gasteiger partial charge in [0.1, 0.15) is 0 Å². The fourth-order valence-electron chi connectivity index (χ4n) is 2.94. The molecule has 2 aliphatic heterocycles. The van der Waals surface area contributed by atoms with Crippen molar-refractivity contribution in [3.05, 3.63) is 30.1 Å². The number of methoxy groups -OCH3 is 1. The molecule has 1 saturated heterocycles. The normalized spacial score (nSPS) is 20.1. The zero-order chi connectivity index (χ0) is 14.9. The lowest BCUT2D eigenvalue weighted by molar-refractivity contribution is -0.128. The first-order valence-corrected chi connectivity index (χ1v) is 6.79. The van der Waals surface area contributed by atoms with E-state index in [2.05, 4.69) is 15.5 Å². The van der Waals surface area contributed by atoms with Crippen LogP contribution < -0.4 is 5.43 Å². The van der Waals surface area contributed by atoms with E-state index in [1.54, 1.807) is 17.3 Å². The second-order valence-corrected chi connectivity index (χ2v) is 5.18. The molecule has 0 atom stereocenters. The maximum absolute atomic E-state index is 12.3. The van der Waals surface area contributed by atoms with Gasteiger partial charge in [0, 0.05) is 31.0 Å². The van der Waals surface area contributed by atoms with Crippen LogP contribution in [-0.4, -0.2) is 47.8 Å². The molecule has 21 heavy (non-hydrogen) atoms. The summed E-state index contributed by atoms with van der Waals surface area (Å²) in [5.41, 5.74) is 3.45. The summed E-state index contributed by atoms with van der Waals surface area (Å²) >= 11 is 0. The average Bonchev–Trinajstić information content (AvgIpc) is 2.85. The van der Waals surface area contributed by atoms with Gasteiger partial charge in [-0.25, -0.2) is 10.2 Å². The van der Waals surface area contributed by atoms with Gasteiger partial charge in [-0.05, 0) is 25.0 Å². The lowest BCUT2D eigenvalue weighted by Crippen LogP contribution is -2.50. The van der Waals surface area contributed by atoms with Crippen molar-refractivity contribution in [2.75, 3.05) is 20.2 Å². The van der Waals surface area contributed by atoms with Gasteiger partial charge >= 0.3 is 6.09 Å². The van der Waals surface area contributed by atoms with Crippen LogP contribution in [0.25, 0.3) is 0 Å². The average molecular weight is 288 g/mol. The van der Waals surface area contributed by atoms with Crippen LogP contribution >= 0.6 is 0 Å². The molecule has 0 aromatic carbocycles. The van der Waals surface area contributed by atoms with Crippen LogP contribution in [0.2, 0.25) is 0 Å². The number of piperidine rings is 1. The molecule has 0 radical (unpaired) electrons. The lowest BCUT2D eigenvalue weighted by Gasteiger charge is -2.37. The maximum atomic E-state index is 12.3. The highest BCUT2D eigenvalue weighted by Crippen LogP contribution is 2.38. The highest BCUT2D eigenvalue weighted by molar-refractivity contribution is 6.19. The van der Waals surface area contributed by atoms with Gasteiger partial charge in [0.15, 0.2) is 0 Å². The first-order chi connectivity index (χ1) is 10.2. The van der Waals surface area contributed by atoms with Crippen molar-refractivity contribution in [2.24, 2.45) is 10.5 Å². The van der Waals surface area contributed by atoms with E-state index >= 15 is 0 Å². The van der Waals surface area contributed by atoms with Gasteiger partial charge in [0.2, 0.25) is 0 Å². The van der Waals surface area contributed by atoms with E-state index in [4.69, 9.17) is 4.74 Å². The number of carbonyl (C=O) groups is 2. The number of rotatable bonds is 1. The first kappa shape index (κ1) is 13.5. The molecule has 110 valence electrons. The first-order valence-electron chi connectivity index (χ1n) is 6.79. The maximum Gasteiger partial charge on any atom is 0.409 e. The molecule has 1 N–H and O–H groups in total. The van der Waals surface area contributed by atoms with Gasteiger partial charge in [-0.3, -0.25) is 9.78 Å². The topological polar surface area (TPSA) is 83.9 Å². The molecule has 1 spiro atoms. The van der Waals surface area contributed by atoms with E-state index in [1.165, 1.54) is 7.11 Å². The van der Waals surface area contributed by atoms with Crippen LogP contribution in [0.4, 0.5) is 4.79 Å². The van der Waals surface area contributed by atoms with Crippen molar-refractivity contribution in [1.82, 2.24) is 15.3 Å². The number of hydrogen-bond donors (Lipinski definition) is 1. The number of likely N-dealkylation sites (tertiary alicyclic amines) is 1. The molecule has 1 fully saturated rings. The second kappa shape index (κ2) is 5.16. The molecule has 1 aromatic rings. The summed E-state index contributed by atoms with van der Waals surface area (Å²) in [4.78, 5) is 29.6. The number of nitrogens with one attached hydrogen (secondary N) is 1. The number of pyridine rings is 1. The van der Waals surface area contributed by atoms with Crippen LogP contribution in [0.5, 0.6) is 0 Å². The summed E-state index contributed by atoms with van der Waals surface area (Å²) in [5, 5.41) is 4.20. The smallest absolute Gasteiger partial charge is 0.409 e. The van der Waals surface area contributed by atoms with Crippen molar-refractivity contribution < 1.29 is 14.3 Å². The molecule has 7 heteroatoms. The monoisotopic (exact) mass is 288 g/mol. The van der Waals surface area contributed by atoms with Gasteiger partial charge in [-0.2, -0.15) is 5.10 Å². The fourth-order valence-corrected chi connectivity index (χ4v) is 2.94. The van der Waals surface area contributed by atoms with E-state index in [-0.39, 0.29) is 12.0 Å². The zero-order valence-corrected chi connectivity index (χ0v) is 11.7. The third-order valence-corrected chi connectivity index (χ3v) is 4.14. The second-order valence-electron chi connectivity index (χ2n) is 5.18. The van der Waals surface area contributed by atoms with Gasteiger partial charge in [-0.1, -0.05) is 0 Å². The Bertz CT molecular complexity index is 591. The minimum absolute atomic E-state index is 0.106. The van der Waals surface area contributed by atoms with Crippen molar-refractivity contribution in [2.45, 2.75) is 12.8 Å². The van der Waals surface area contributed by atoms with Gasteiger partial charge < -0.3 is 9.64 Å². The third-order valence-electron chi connectivity index (χ3n) is 4.14. The Labute approximate surface area is 122 Å². The minimum atomic E-state index is -0.673. The number of amides is 2. The predicted molar refractivity (Wildman–Crippen MR) is 74.6 cm³/mol. The molecular weight excluding hydrogens is 272 g/mol.